The summed E-state index contributed by atoms with van der Waals surface area (Å²) in [6.07, 6.45) is 7.74. The molecule has 1 atom stereocenters. The van der Waals surface area contributed by atoms with Crippen molar-refractivity contribution >= 4 is 11.5 Å². The molecule has 3 heterocycles. The van der Waals surface area contributed by atoms with Crippen molar-refractivity contribution in [1.82, 2.24) is 14.8 Å². The molecule has 3 rings (SSSR count). The second-order valence-corrected chi connectivity index (χ2v) is 4.72. The van der Waals surface area contributed by atoms with Gasteiger partial charge in [0.05, 0.1) is 30.1 Å². The highest BCUT2D eigenvalue weighted by atomic mass is 16.5. The van der Waals surface area contributed by atoms with Crippen molar-refractivity contribution in [3.05, 3.63) is 36.3 Å². The van der Waals surface area contributed by atoms with Crippen LogP contribution in [0.5, 0.6) is 0 Å². The lowest BCUT2D eigenvalue weighted by Crippen LogP contribution is -2.15. The van der Waals surface area contributed by atoms with Crippen molar-refractivity contribution in [2.45, 2.75) is 25.5 Å². The molecule has 6 heteroatoms. The van der Waals surface area contributed by atoms with E-state index in [9.17, 15) is 0 Å². The average Bonchev–Trinajstić information content (AvgIpc) is 3.12. The number of nitrogens with one attached hydrogen (secondary N) is 1. The number of nitrogens with zero attached hydrogens (tertiary/aromatic N) is 4. The van der Waals surface area contributed by atoms with Gasteiger partial charge in [0.1, 0.15) is 11.9 Å². The Morgan fingerprint density at radius 3 is 3.30 bits per heavy atom. The maximum atomic E-state index is 9.02. The number of hydrogen-bond acceptors (Lipinski definition) is 5. The van der Waals surface area contributed by atoms with Crippen LogP contribution in [0.3, 0.4) is 0 Å². The van der Waals surface area contributed by atoms with Gasteiger partial charge in [-0.2, -0.15) is 10.4 Å². The monoisotopic (exact) mass is 269 g/mol. The third-order valence-corrected chi connectivity index (χ3v) is 3.24. The fourth-order valence-electron chi connectivity index (χ4n) is 2.26. The molecule has 0 spiro atoms. The number of nitriles is 1. The Bertz CT molecular complexity index is 624. The highest BCUT2D eigenvalue weighted by Gasteiger charge is 2.16. The Morgan fingerprint density at radius 1 is 1.55 bits per heavy atom. The molecule has 2 aromatic heterocycles. The second kappa shape index (κ2) is 5.72. The molecule has 102 valence electrons. The molecular formula is C14H15N5O. The van der Waals surface area contributed by atoms with Gasteiger partial charge in [0.25, 0.3) is 0 Å². The normalized spacial score (nSPS) is 17.9. The summed E-state index contributed by atoms with van der Waals surface area (Å²) >= 11 is 0. The van der Waals surface area contributed by atoms with Crippen molar-refractivity contribution in [1.29, 1.82) is 5.26 Å². The highest BCUT2D eigenvalue weighted by Crippen LogP contribution is 2.18. The molecule has 0 amide bonds. The van der Waals surface area contributed by atoms with Gasteiger partial charge in [0, 0.05) is 19.0 Å². The number of hydrogen-bond donors (Lipinski definition) is 1. The zero-order valence-electron chi connectivity index (χ0n) is 11.0. The quantitative estimate of drug-likeness (QED) is 0.919. The fourth-order valence-corrected chi connectivity index (χ4v) is 2.26. The first-order valence-corrected chi connectivity index (χ1v) is 6.61. The van der Waals surface area contributed by atoms with Crippen LogP contribution in [0.15, 0.2) is 30.7 Å². The zero-order chi connectivity index (χ0) is 13.8. The first-order chi connectivity index (χ1) is 9.85. The van der Waals surface area contributed by atoms with E-state index in [4.69, 9.17) is 10.00 Å². The van der Waals surface area contributed by atoms with Gasteiger partial charge in [-0.25, -0.2) is 4.98 Å². The molecule has 1 saturated heterocycles. The maximum Gasteiger partial charge on any atom is 0.148 e. The van der Waals surface area contributed by atoms with Crippen LogP contribution in [0.4, 0.5) is 11.5 Å². The lowest BCUT2D eigenvalue weighted by atomic mass is 10.2. The topological polar surface area (TPSA) is 75.8 Å². The van der Waals surface area contributed by atoms with Gasteiger partial charge < -0.3 is 10.1 Å². The summed E-state index contributed by atoms with van der Waals surface area (Å²) in [6, 6.07) is 5.58. The number of rotatable bonds is 4. The van der Waals surface area contributed by atoms with E-state index >= 15 is 0 Å². The molecule has 6 nitrogen and oxygen atoms in total. The SMILES string of the molecule is N#Cc1cccnc1Nc1cnn(C[C@@H]2CCCO2)c1. The number of pyridine rings is 1. The summed E-state index contributed by atoms with van der Waals surface area (Å²) in [7, 11) is 0. The van der Waals surface area contributed by atoms with Gasteiger partial charge in [-0.1, -0.05) is 0 Å². The van der Waals surface area contributed by atoms with Crippen LogP contribution in [-0.2, 0) is 11.3 Å². The largest absolute Gasteiger partial charge is 0.376 e. The summed E-state index contributed by atoms with van der Waals surface area (Å²) in [5, 5.41) is 16.4. The van der Waals surface area contributed by atoms with E-state index in [0.29, 0.717) is 11.4 Å². The van der Waals surface area contributed by atoms with Gasteiger partial charge in [-0.3, -0.25) is 4.68 Å². The van der Waals surface area contributed by atoms with Crippen LogP contribution in [0.1, 0.15) is 18.4 Å². The van der Waals surface area contributed by atoms with Gasteiger partial charge in [0.2, 0.25) is 0 Å². The molecule has 2 aromatic rings. The molecule has 0 bridgehead atoms. The smallest absolute Gasteiger partial charge is 0.148 e. The maximum absolute atomic E-state index is 9.02. The van der Waals surface area contributed by atoms with Crippen LogP contribution in [-0.4, -0.2) is 27.5 Å². The van der Waals surface area contributed by atoms with E-state index in [1.807, 2.05) is 10.9 Å². The lowest BCUT2D eigenvalue weighted by molar-refractivity contribution is 0.0940. The molecule has 1 N–H and O–H groups in total. The van der Waals surface area contributed by atoms with Crippen molar-refractivity contribution in [3.63, 3.8) is 0 Å². The Hall–Kier alpha value is -2.39. The van der Waals surface area contributed by atoms with Crippen LogP contribution in [0.25, 0.3) is 0 Å². The Balaban J connectivity index is 1.69. The first-order valence-electron chi connectivity index (χ1n) is 6.61. The van der Waals surface area contributed by atoms with Crippen molar-refractivity contribution in [2.75, 3.05) is 11.9 Å². The lowest BCUT2D eigenvalue weighted by Gasteiger charge is -2.08. The van der Waals surface area contributed by atoms with Gasteiger partial charge in [-0.15, -0.1) is 0 Å². The Morgan fingerprint density at radius 2 is 2.50 bits per heavy atom. The predicted octanol–water partition coefficient (Wildman–Crippen LogP) is 2.07. The van der Waals surface area contributed by atoms with Gasteiger partial charge in [-0.05, 0) is 25.0 Å². The molecular weight excluding hydrogens is 254 g/mol. The standard InChI is InChI=1S/C14H15N5O/c15-7-11-3-1-5-16-14(11)18-12-8-17-19(9-12)10-13-4-2-6-20-13/h1,3,5,8-9,13H,2,4,6,10H2,(H,16,18)/t13-/m0/s1. The van der Waals surface area contributed by atoms with Crippen LogP contribution in [0, 0.1) is 11.3 Å². The highest BCUT2D eigenvalue weighted by molar-refractivity contribution is 5.61. The predicted molar refractivity (Wildman–Crippen MR) is 73.4 cm³/mol. The first kappa shape index (κ1) is 12.6. The molecule has 1 aliphatic rings. The van der Waals surface area contributed by atoms with E-state index in [2.05, 4.69) is 21.5 Å². The second-order valence-electron chi connectivity index (χ2n) is 4.72. The van der Waals surface area contributed by atoms with E-state index in [0.717, 1.165) is 31.7 Å². The van der Waals surface area contributed by atoms with Crippen molar-refractivity contribution in [2.24, 2.45) is 0 Å². The Kier molecular flexibility index (Phi) is 3.61. The minimum Gasteiger partial charge on any atom is -0.376 e. The molecule has 0 radical (unpaired) electrons. The van der Waals surface area contributed by atoms with E-state index in [-0.39, 0.29) is 6.10 Å². The van der Waals surface area contributed by atoms with Crippen molar-refractivity contribution < 1.29 is 4.74 Å². The number of anilines is 2. The molecule has 0 aromatic carbocycles. The summed E-state index contributed by atoms with van der Waals surface area (Å²) < 4.78 is 7.44. The zero-order valence-corrected chi connectivity index (χ0v) is 11.0. The third kappa shape index (κ3) is 2.78. The number of ether oxygens (including phenoxy) is 1. The fraction of sp³-hybridized carbons (Fsp3) is 0.357. The summed E-state index contributed by atoms with van der Waals surface area (Å²) in [5.74, 6) is 0.548. The molecule has 1 aliphatic heterocycles. The van der Waals surface area contributed by atoms with E-state index < -0.39 is 0 Å². The minimum atomic E-state index is 0.257. The van der Waals surface area contributed by atoms with Gasteiger partial charge in [0.15, 0.2) is 0 Å². The van der Waals surface area contributed by atoms with E-state index in [1.54, 1.807) is 24.5 Å². The van der Waals surface area contributed by atoms with Crippen LogP contribution >= 0.6 is 0 Å². The number of aromatic nitrogens is 3. The molecule has 1 fully saturated rings. The van der Waals surface area contributed by atoms with Crippen LogP contribution < -0.4 is 5.32 Å². The average molecular weight is 269 g/mol. The minimum absolute atomic E-state index is 0.257. The van der Waals surface area contributed by atoms with Gasteiger partial charge >= 0.3 is 0 Å². The molecule has 20 heavy (non-hydrogen) atoms. The Labute approximate surface area is 117 Å². The third-order valence-electron chi connectivity index (χ3n) is 3.24. The molecule has 0 unspecified atom stereocenters. The summed E-state index contributed by atoms with van der Waals surface area (Å²) in [4.78, 5) is 4.16. The summed E-state index contributed by atoms with van der Waals surface area (Å²) in [5.41, 5.74) is 1.33. The molecule has 0 saturated carbocycles. The summed E-state index contributed by atoms with van der Waals surface area (Å²) in [6.45, 7) is 1.60. The van der Waals surface area contributed by atoms with Crippen LogP contribution in [0.2, 0.25) is 0 Å². The molecule has 0 aliphatic carbocycles. The van der Waals surface area contributed by atoms with E-state index in [1.165, 1.54) is 0 Å². The van der Waals surface area contributed by atoms with Crippen molar-refractivity contribution in [3.8, 4) is 6.07 Å².